The molecule has 1 heterocycles. The maximum Gasteiger partial charge on any atom is 0.251 e. The number of hydrogen-bond acceptors (Lipinski definition) is 1. The lowest BCUT2D eigenvalue weighted by Gasteiger charge is -2.02. The molecule has 1 aromatic heterocycles. The molecule has 0 saturated carbocycles. The number of aromatic amines is 1. The van der Waals surface area contributed by atoms with Gasteiger partial charge >= 0.3 is 0 Å². The third kappa shape index (κ3) is 1.42. The zero-order chi connectivity index (χ0) is 10.1. The Labute approximate surface area is 86.5 Å². The first-order valence-electron chi connectivity index (χ1n) is 4.53. The zero-order valence-electron chi connectivity index (χ0n) is 7.80. The van der Waals surface area contributed by atoms with Gasteiger partial charge in [-0.05, 0) is 24.6 Å². The topological polar surface area (TPSA) is 32.9 Å². The SMILES string of the molecule is CCc1cc2c(Cl)cccc2[nH]c1=O. The smallest absolute Gasteiger partial charge is 0.251 e. The number of aromatic nitrogens is 1. The van der Waals surface area contributed by atoms with Crippen LogP contribution in [0.4, 0.5) is 0 Å². The molecule has 0 radical (unpaired) electrons. The highest BCUT2D eigenvalue weighted by atomic mass is 35.5. The molecule has 0 unspecified atom stereocenters. The van der Waals surface area contributed by atoms with E-state index < -0.39 is 0 Å². The third-order valence-electron chi connectivity index (χ3n) is 2.29. The van der Waals surface area contributed by atoms with E-state index in [0.29, 0.717) is 5.02 Å². The van der Waals surface area contributed by atoms with Gasteiger partial charge in [0, 0.05) is 21.5 Å². The average Bonchev–Trinajstić information content (AvgIpc) is 2.17. The Hall–Kier alpha value is -1.28. The minimum absolute atomic E-state index is 0.0257. The Morgan fingerprint density at radius 1 is 1.43 bits per heavy atom. The summed E-state index contributed by atoms with van der Waals surface area (Å²) in [4.78, 5) is 14.3. The number of halogens is 1. The highest BCUT2D eigenvalue weighted by molar-refractivity contribution is 6.35. The zero-order valence-corrected chi connectivity index (χ0v) is 8.56. The summed E-state index contributed by atoms with van der Waals surface area (Å²) in [5, 5.41) is 1.58. The normalized spacial score (nSPS) is 10.7. The van der Waals surface area contributed by atoms with Crippen molar-refractivity contribution in [2.24, 2.45) is 0 Å². The predicted molar refractivity (Wildman–Crippen MR) is 59.0 cm³/mol. The number of pyridine rings is 1. The van der Waals surface area contributed by atoms with Crippen LogP contribution >= 0.6 is 11.6 Å². The summed E-state index contributed by atoms with van der Waals surface area (Å²) in [6.07, 6.45) is 0.719. The number of fused-ring (bicyclic) bond motifs is 1. The maximum absolute atomic E-state index is 11.5. The van der Waals surface area contributed by atoms with E-state index in [-0.39, 0.29) is 5.56 Å². The van der Waals surface area contributed by atoms with Crippen LogP contribution in [0, 0.1) is 0 Å². The molecule has 0 atom stereocenters. The van der Waals surface area contributed by atoms with Crippen molar-refractivity contribution in [3.8, 4) is 0 Å². The van der Waals surface area contributed by atoms with Crippen LogP contribution in [0.3, 0.4) is 0 Å². The molecule has 0 bridgehead atoms. The van der Waals surface area contributed by atoms with E-state index in [2.05, 4.69) is 4.98 Å². The van der Waals surface area contributed by atoms with Crippen LogP contribution in [0.1, 0.15) is 12.5 Å². The summed E-state index contributed by atoms with van der Waals surface area (Å²) in [7, 11) is 0. The fraction of sp³-hybridized carbons (Fsp3) is 0.182. The van der Waals surface area contributed by atoms with E-state index in [1.165, 1.54) is 0 Å². The Balaban J connectivity index is 2.87. The summed E-state index contributed by atoms with van der Waals surface area (Å²) in [6, 6.07) is 7.35. The molecule has 0 saturated heterocycles. The van der Waals surface area contributed by atoms with Crippen LogP contribution in [0.5, 0.6) is 0 Å². The van der Waals surface area contributed by atoms with Crippen LogP contribution in [-0.4, -0.2) is 4.98 Å². The molecule has 0 aliphatic carbocycles. The summed E-state index contributed by atoms with van der Waals surface area (Å²) in [5.74, 6) is 0. The van der Waals surface area contributed by atoms with Crippen LogP contribution in [0.15, 0.2) is 29.1 Å². The highest BCUT2D eigenvalue weighted by Gasteiger charge is 2.02. The van der Waals surface area contributed by atoms with Gasteiger partial charge in [-0.25, -0.2) is 0 Å². The average molecular weight is 208 g/mol. The Kier molecular flexibility index (Phi) is 2.30. The number of rotatable bonds is 1. The van der Waals surface area contributed by atoms with Crippen LogP contribution in [0.25, 0.3) is 10.9 Å². The van der Waals surface area contributed by atoms with Crippen molar-refractivity contribution in [3.05, 3.63) is 45.2 Å². The van der Waals surface area contributed by atoms with E-state index in [4.69, 9.17) is 11.6 Å². The summed E-state index contributed by atoms with van der Waals surface area (Å²) in [6.45, 7) is 1.95. The maximum atomic E-state index is 11.5. The van der Waals surface area contributed by atoms with E-state index in [0.717, 1.165) is 22.9 Å². The van der Waals surface area contributed by atoms with E-state index in [1.807, 2.05) is 31.2 Å². The van der Waals surface area contributed by atoms with Gasteiger partial charge in [0.1, 0.15) is 0 Å². The second-order valence-electron chi connectivity index (χ2n) is 3.18. The number of aryl methyl sites for hydroxylation is 1. The molecular weight excluding hydrogens is 198 g/mol. The Bertz CT molecular complexity index is 530. The van der Waals surface area contributed by atoms with Crippen molar-refractivity contribution in [2.75, 3.05) is 0 Å². The standard InChI is InChI=1S/C11H10ClNO/c1-2-7-6-8-9(12)4-3-5-10(8)13-11(7)14/h3-6H,2H2,1H3,(H,13,14). The van der Waals surface area contributed by atoms with Gasteiger partial charge in [0.25, 0.3) is 5.56 Å². The molecule has 2 aromatic rings. The monoisotopic (exact) mass is 207 g/mol. The van der Waals surface area contributed by atoms with Crippen molar-refractivity contribution < 1.29 is 0 Å². The molecule has 2 rings (SSSR count). The van der Waals surface area contributed by atoms with Gasteiger partial charge in [-0.15, -0.1) is 0 Å². The quantitative estimate of drug-likeness (QED) is 0.767. The summed E-state index contributed by atoms with van der Waals surface area (Å²) < 4.78 is 0. The van der Waals surface area contributed by atoms with E-state index in [9.17, 15) is 4.79 Å². The minimum atomic E-state index is -0.0257. The van der Waals surface area contributed by atoms with Gasteiger partial charge in [-0.2, -0.15) is 0 Å². The molecule has 14 heavy (non-hydrogen) atoms. The third-order valence-corrected chi connectivity index (χ3v) is 2.62. The number of nitrogens with one attached hydrogen (secondary N) is 1. The fourth-order valence-electron chi connectivity index (χ4n) is 1.50. The van der Waals surface area contributed by atoms with Gasteiger partial charge in [-0.3, -0.25) is 4.79 Å². The van der Waals surface area contributed by atoms with Crippen LogP contribution in [-0.2, 0) is 6.42 Å². The van der Waals surface area contributed by atoms with Gasteiger partial charge < -0.3 is 4.98 Å². The molecule has 0 amide bonds. The minimum Gasteiger partial charge on any atom is -0.322 e. The van der Waals surface area contributed by atoms with Crippen molar-refractivity contribution in [1.29, 1.82) is 0 Å². The first-order chi connectivity index (χ1) is 6.72. The molecule has 3 heteroatoms. The molecule has 0 fully saturated rings. The number of hydrogen-bond donors (Lipinski definition) is 1. The second kappa shape index (κ2) is 3.46. The fourth-order valence-corrected chi connectivity index (χ4v) is 1.73. The molecule has 0 aliphatic rings. The summed E-state index contributed by atoms with van der Waals surface area (Å²) in [5.41, 5.74) is 1.53. The van der Waals surface area contributed by atoms with Crippen molar-refractivity contribution >= 4 is 22.5 Å². The lowest BCUT2D eigenvalue weighted by molar-refractivity contribution is 1.08. The van der Waals surface area contributed by atoms with E-state index >= 15 is 0 Å². The largest absolute Gasteiger partial charge is 0.322 e. The Morgan fingerprint density at radius 3 is 2.93 bits per heavy atom. The van der Waals surface area contributed by atoms with Crippen molar-refractivity contribution in [2.45, 2.75) is 13.3 Å². The molecule has 2 nitrogen and oxygen atoms in total. The van der Waals surface area contributed by atoms with Gasteiger partial charge in [-0.1, -0.05) is 24.6 Å². The van der Waals surface area contributed by atoms with Gasteiger partial charge in [0.05, 0.1) is 0 Å². The van der Waals surface area contributed by atoms with Crippen molar-refractivity contribution in [3.63, 3.8) is 0 Å². The molecular formula is C11H10ClNO. The van der Waals surface area contributed by atoms with E-state index in [1.54, 1.807) is 0 Å². The molecule has 1 N–H and O–H groups in total. The van der Waals surface area contributed by atoms with Crippen LogP contribution in [0.2, 0.25) is 5.02 Å². The van der Waals surface area contributed by atoms with Crippen LogP contribution < -0.4 is 5.56 Å². The lowest BCUT2D eigenvalue weighted by atomic mass is 10.1. The first-order valence-corrected chi connectivity index (χ1v) is 4.90. The lowest BCUT2D eigenvalue weighted by Crippen LogP contribution is -2.11. The van der Waals surface area contributed by atoms with Gasteiger partial charge in [0.15, 0.2) is 0 Å². The predicted octanol–water partition coefficient (Wildman–Crippen LogP) is 2.74. The molecule has 1 aromatic carbocycles. The Morgan fingerprint density at radius 2 is 2.21 bits per heavy atom. The molecule has 0 aliphatic heterocycles. The number of benzene rings is 1. The molecule has 0 spiro atoms. The highest BCUT2D eigenvalue weighted by Crippen LogP contribution is 2.21. The van der Waals surface area contributed by atoms with Crippen molar-refractivity contribution in [1.82, 2.24) is 4.98 Å². The number of H-pyrrole nitrogens is 1. The second-order valence-corrected chi connectivity index (χ2v) is 3.59. The first kappa shape index (κ1) is 9.28. The van der Waals surface area contributed by atoms with Gasteiger partial charge in [0.2, 0.25) is 0 Å². The summed E-state index contributed by atoms with van der Waals surface area (Å²) >= 11 is 6.02. The molecule has 72 valence electrons.